The van der Waals surface area contributed by atoms with Crippen molar-refractivity contribution in [2.75, 3.05) is 6.54 Å². The van der Waals surface area contributed by atoms with Gasteiger partial charge in [-0.1, -0.05) is 89.9 Å². The predicted octanol–water partition coefficient (Wildman–Crippen LogP) is 4.39. The second-order valence-electron chi connectivity index (χ2n) is 8.24. The number of rotatable bonds is 8. The highest BCUT2D eigenvalue weighted by atomic mass is 35.5. The molecule has 1 aliphatic rings. The van der Waals surface area contributed by atoms with Crippen LogP contribution in [0.15, 0.2) is 78.9 Å². The quantitative estimate of drug-likeness (QED) is 0.455. The molecule has 1 fully saturated rings. The van der Waals surface area contributed by atoms with Gasteiger partial charge in [0.1, 0.15) is 12.1 Å². The minimum atomic E-state index is -1.18. The number of urea groups is 1. The van der Waals surface area contributed by atoms with E-state index in [0.29, 0.717) is 28.5 Å². The van der Waals surface area contributed by atoms with Crippen molar-refractivity contribution < 1.29 is 14.4 Å². The Balaban J connectivity index is 1.50. The van der Waals surface area contributed by atoms with Crippen LogP contribution in [0, 0.1) is 0 Å². The van der Waals surface area contributed by atoms with Gasteiger partial charge in [0.2, 0.25) is 5.91 Å². The smallest absolute Gasteiger partial charge is 0.325 e. The lowest BCUT2D eigenvalue weighted by Crippen LogP contribution is -2.51. The average Bonchev–Trinajstić information content (AvgIpc) is 3.03. The molecule has 0 radical (unpaired) electrons. The van der Waals surface area contributed by atoms with Gasteiger partial charge in [0.25, 0.3) is 5.91 Å². The maximum atomic E-state index is 13.6. The molecule has 34 heavy (non-hydrogen) atoms. The molecule has 1 aliphatic heterocycles. The number of nitrogens with zero attached hydrogens (tertiary/aromatic N) is 1. The first-order chi connectivity index (χ1) is 16.4. The van der Waals surface area contributed by atoms with Crippen LogP contribution in [0.3, 0.4) is 0 Å². The van der Waals surface area contributed by atoms with Gasteiger partial charge in [-0.15, -0.1) is 0 Å². The van der Waals surface area contributed by atoms with E-state index in [2.05, 4.69) is 10.6 Å². The number of hydrogen-bond acceptors (Lipinski definition) is 3. The third kappa shape index (κ3) is 5.41. The Kier molecular flexibility index (Phi) is 7.20. The van der Waals surface area contributed by atoms with Crippen molar-refractivity contribution in [2.45, 2.75) is 24.9 Å². The molecule has 4 rings (SSSR count). The van der Waals surface area contributed by atoms with Crippen molar-refractivity contribution >= 4 is 41.0 Å². The Morgan fingerprint density at radius 2 is 1.47 bits per heavy atom. The summed E-state index contributed by atoms with van der Waals surface area (Å²) in [5, 5.41) is 6.51. The second-order valence-corrected chi connectivity index (χ2v) is 9.08. The molecule has 0 atom stereocenters. The Morgan fingerprint density at radius 1 is 0.882 bits per heavy atom. The average molecular weight is 496 g/mol. The molecular weight excluding hydrogens is 473 g/mol. The monoisotopic (exact) mass is 495 g/mol. The first-order valence-corrected chi connectivity index (χ1v) is 11.5. The van der Waals surface area contributed by atoms with Crippen LogP contribution in [0.5, 0.6) is 0 Å². The Hall–Kier alpha value is -3.35. The van der Waals surface area contributed by atoms with Crippen LogP contribution in [0.4, 0.5) is 4.79 Å². The first-order valence-electron chi connectivity index (χ1n) is 10.8. The van der Waals surface area contributed by atoms with Gasteiger partial charge >= 0.3 is 6.03 Å². The Bertz CT molecular complexity index is 1160. The highest BCUT2D eigenvalue weighted by Gasteiger charge is 2.51. The van der Waals surface area contributed by atoms with Crippen molar-refractivity contribution in [3.05, 3.63) is 106 Å². The zero-order chi connectivity index (χ0) is 24.1. The molecule has 0 aliphatic carbocycles. The summed E-state index contributed by atoms with van der Waals surface area (Å²) >= 11 is 12.1. The van der Waals surface area contributed by atoms with Crippen molar-refractivity contribution in [1.82, 2.24) is 15.5 Å². The van der Waals surface area contributed by atoms with E-state index >= 15 is 0 Å². The van der Waals surface area contributed by atoms with Gasteiger partial charge in [-0.3, -0.25) is 14.5 Å². The molecule has 3 aromatic carbocycles. The van der Waals surface area contributed by atoms with E-state index in [1.165, 1.54) is 0 Å². The zero-order valence-electron chi connectivity index (χ0n) is 18.3. The van der Waals surface area contributed by atoms with Crippen LogP contribution in [0.2, 0.25) is 10.0 Å². The van der Waals surface area contributed by atoms with Crippen molar-refractivity contribution in [3.63, 3.8) is 0 Å². The molecule has 6 nitrogen and oxygen atoms in total. The van der Waals surface area contributed by atoms with E-state index < -0.39 is 23.4 Å². The lowest BCUT2D eigenvalue weighted by Gasteiger charge is -2.27. The van der Waals surface area contributed by atoms with Crippen molar-refractivity contribution in [3.8, 4) is 0 Å². The van der Waals surface area contributed by atoms with Gasteiger partial charge in [0, 0.05) is 29.4 Å². The summed E-state index contributed by atoms with van der Waals surface area (Å²) in [6, 6.07) is 23.4. The lowest BCUT2D eigenvalue weighted by atomic mass is 9.84. The van der Waals surface area contributed by atoms with E-state index in [4.69, 9.17) is 23.2 Å². The number of amides is 4. The summed E-state index contributed by atoms with van der Waals surface area (Å²) in [5.74, 6) is -0.894. The number of halogens is 2. The number of hydrogen-bond donors (Lipinski definition) is 2. The second kappa shape index (κ2) is 10.3. The third-order valence-corrected chi connectivity index (χ3v) is 6.32. The fraction of sp³-hybridized carbons (Fsp3) is 0.192. The van der Waals surface area contributed by atoms with E-state index in [9.17, 15) is 14.4 Å². The van der Waals surface area contributed by atoms with Gasteiger partial charge in [-0.05, 0) is 28.8 Å². The van der Waals surface area contributed by atoms with Crippen LogP contribution in [-0.4, -0.2) is 34.8 Å². The normalized spacial score (nSPS) is 14.7. The standard InChI is InChI=1S/C26H23Cl2N3O3/c27-21-12-11-20(22(28)13-21)16-29-23(32)17-31-24(33)26(30-25(31)34,14-18-7-3-1-4-8-18)15-19-9-5-2-6-10-19/h1-13H,14-17H2,(H,29,32)(H,30,34). The molecule has 3 aromatic rings. The summed E-state index contributed by atoms with van der Waals surface area (Å²) in [4.78, 5) is 40.0. The predicted molar refractivity (Wildman–Crippen MR) is 132 cm³/mol. The first kappa shape index (κ1) is 23.8. The molecular formula is C26H23Cl2N3O3. The summed E-state index contributed by atoms with van der Waals surface area (Å²) in [7, 11) is 0. The number of carbonyl (C=O) groups excluding carboxylic acids is 3. The maximum absolute atomic E-state index is 13.6. The van der Waals surface area contributed by atoms with Gasteiger partial charge in [0.15, 0.2) is 0 Å². The molecule has 1 saturated heterocycles. The van der Waals surface area contributed by atoms with E-state index in [-0.39, 0.29) is 13.1 Å². The minimum absolute atomic E-state index is 0.150. The largest absolute Gasteiger partial charge is 0.350 e. The zero-order valence-corrected chi connectivity index (χ0v) is 19.8. The van der Waals surface area contributed by atoms with Crippen LogP contribution < -0.4 is 10.6 Å². The van der Waals surface area contributed by atoms with Gasteiger partial charge in [-0.25, -0.2) is 4.79 Å². The highest BCUT2D eigenvalue weighted by Crippen LogP contribution is 2.27. The molecule has 0 unspecified atom stereocenters. The number of nitrogens with one attached hydrogen (secondary N) is 2. The summed E-state index contributed by atoms with van der Waals surface area (Å²) < 4.78 is 0. The van der Waals surface area contributed by atoms with E-state index in [1.54, 1.807) is 18.2 Å². The van der Waals surface area contributed by atoms with Crippen molar-refractivity contribution in [2.24, 2.45) is 0 Å². The van der Waals surface area contributed by atoms with Gasteiger partial charge in [0.05, 0.1) is 0 Å². The molecule has 4 amide bonds. The number of carbonyl (C=O) groups is 3. The fourth-order valence-corrected chi connectivity index (χ4v) is 4.54. The summed E-state index contributed by atoms with van der Waals surface area (Å²) in [6.45, 7) is -0.237. The van der Waals surface area contributed by atoms with Crippen LogP contribution in [0.1, 0.15) is 16.7 Å². The third-order valence-electron chi connectivity index (χ3n) is 5.74. The van der Waals surface area contributed by atoms with Crippen LogP contribution >= 0.6 is 23.2 Å². The molecule has 1 heterocycles. The molecule has 0 saturated carbocycles. The van der Waals surface area contributed by atoms with E-state index in [1.807, 2.05) is 60.7 Å². The molecule has 8 heteroatoms. The molecule has 174 valence electrons. The topological polar surface area (TPSA) is 78.5 Å². The fourth-order valence-electron chi connectivity index (χ4n) is 4.07. The Morgan fingerprint density at radius 3 is 2.03 bits per heavy atom. The molecule has 0 spiro atoms. The highest BCUT2D eigenvalue weighted by molar-refractivity contribution is 6.35. The van der Waals surface area contributed by atoms with Crippen molar-refractivity contribution in [1.29, 1.82) is 0 Å². The van der Waals surface area contributed by atoms with Crippen LogP contribution in [-0.2, 0) is 29.0 Å². The van der Waals surface area contributed by atoms with E-state index in [0.717, 1.165) is 16.0 Å². The van der Waals surface area contributed by atoms with Gasteiger partial charge < -0.3 is 10.6 Å². The van der Waals surface area contributed by atoms with Crippen LogP contribution in [0.25, 0.3) is 0 Å². The molecule has 2 N–H and O–H groups in total. The van der Waals surface area contributed by atoms with Gasteiger partial charge in [-0.2, -0.15) is 0 Å². The summed E-state index contributed by atoms with van der Waals surface area (Å²) in [5.41, 5.74) is 1.32. The molecule has 0 aromatic heterocycles. The number of imide groups is 1. The maximum Gasteiger partial charge on any atom is 0.325 e. The number of benzene rings is 3. The lowest BCUT2D eigenvalue weighted by molar-refractivity contribution is -0.135. The molecule has 0 bridgehead atoms. The SMILES string of the molecule is O=C(CN1C(=O)NC(Cc2ccccc2)(Cc2ccccc2)C1=O)NCc1ccc(Cl)cc1Cl. The minimum Gasteiger partial charge on any atom is -0.350 e. The summed E-state index contributed by atoms with van der Waals surface area (Å²) in [6.07, 6.45) is 0.623. The Labute approximate surface area is 207 Å².